The molecule has 1 aliphatic rings. The number of nitrogens with zero attached hydrogens (tertiary/aromatic N) is 2. The van der Waals surface area contributed by atoms with Gasteiger partial charge in [0.15, 0.2) is 5.96 Å². The fraction of sp³-hybridized carbons (Fsp3) is 0.556. The van der Waals surface area contributed by atoms with E-state index in [0.29, 0.717) is 23.9 Å². The number of nitrogens with one attached hydrogen (secondary N) is 2. The molecule has 1 aromatic carbocycles. The highest BCUT2D eigenvalue weighted by molar-refractivity contribution is 14.0. The molecule has 0 saturated carbocycles. The van der Waals surface area contributed by atoms with E-state index >= 15 is 0 Å². The lowest BCUT2D eigenvalue weighted by atomic mass is 10.1. The SMILES string of the molecule is CCNC(=NCC(O)c1ccc(Cl)cc1)NC1CCN(C(=O)CC)C1.I. The Kier molecular flexibility index (Phi) is 10.3. The first kappa shape index (κ1) is 23.0. The van der Waals surface area contributed by atoms with Crippen LogP contribution in [0.1, 0.15) is 38.4 Å². The lowest BCUT2D eigenvalue weighted by Gasteiger charge is -2.19. The minimum atomic E-state index is -0.686. The summed E-state index contributed by atoms with van der Waals surface area (Å²) in [5.41, 5.74) is 0.782. The molecule has 8 heteroatoms. The molecule has 2 unspecified atom stereocenters. The van der Waals surface area contributed by atoms with Gasteiger partial charge in [-0.05, 0) is 31.0 Å². The summed E-state index contributed by atoms with van der Waals surface area (Å²) in [6.07, 6.45) is 0.749. The van der Waals surface area contributed by atoms with Crippen LogP contribution in [0, 0.1) is 0 Å². The average Bonchev–Trinajstić information content (AvgIpc) is 3.08. The lowest BCUT2D eigenvalue weighted by molar-refractivity contribution is -0.129. The number of carbonyl (C=O) groups excluding carboxylic acids is 1. The van der Waals surface area contributed by atoms with Gasteiger partial charge in [0.25, 0.3) is 0 Å². The van der Waals surface area contributed by atoms with Crippen molar-refractivity contribution in [1.29, 1.82) is 0 Å². The molecule has 26 heavy (non-hydrogen) atoms. The minimum absolute atomic E-state index is 0. The van der Waals surface area contributed by atoms with Crippen LogP contribution in [0.3, 0.4) is 0 Å². The molecule has 0 radical (unpaired) electrons. The summed E-state index contributed by atoms with van der Waals surface area (Å²) in [5.74, 6) is 0.843. The Bertz CT molecular complexity index is 597. The summed E-state index contributed by atoms with van der Waals surface area (Å²) >= 11 is 5.87. The Morgan fingerprint density at radius 2 is 2.08 bits per heavy atom. The second-order valence-corrected chi connectivity index (χ2v) is 6.55. The number of amides is 1. The molecule has 0 spiro atoms. The van der Waals surface area contributed by atoms with Gasteiger partial charge in [0, 0.05) is 37.1 Å². The number of aliphatic hydroxyl groups is 1. The highest BCUT2D eigenvalue weighted by atomic mass is 127. The molecule has 1 aromatic rings. The van der Waals surface area contributed by atoms with Crippen LogP contribution in [0.25, 0.3) is 0 Å². The third kappa shape index (κ3) is 6.92. The molecule has 1 amide bonds. The molecule has 1 heterocycles. The Labute approximate surface area is 177 Å². The largest absolute Gasteiger partial charge is 0.386 e. The van der Waals surface area contributed by atoms with Gasteiger partial charge >= 0.3 is 0 Å². The van der Waals surface area contributed by atoms with Gasteiger partial charge in [-0.15, -0.1) is 24.0 Å². The molecule has 0 bridgehead atoms. The van der Waals surface area contributed by atoms with Crippen molar-refractivity contribution >= 4 is 47.4 Å². The zero-order chi connectivity index (χ0) is 18.2. The second-order valence-electron chi connectivity index (χ2n) is 6.11. The molecule has 1 fully saturated rings. The van der Waals surface area contributed by atoms with Crippen LogP contribution in [-0.2, 0) is 4.79 Å². The number of halogens is 2. The monoisotopic (exact) mass is 494 g/mol. The third-order valence-electron chi connectivity index (χ3n) is 4.21. The molecular formula is C18H28ClIN4O2. The van der Waals surface area contributed by atoms with Gasteiger partial charge in [0.2, 0.25) is 5.91 Å². The second kappa shape index (κ2) is 11.6. The highest BCUT2D eigenvalue weighted by Crippen LogP contribution is 2.16. The minimum Gasteiger partial charge on any atom is -0.386 e. The summed E-state index contributed by atoms with van der Waals surface area (Å²) in [5, 5.41) is 17.5. The Balaban J connectivity index is 0.00000338. The van der Waals surface area contributed by atoms with E-state index in [0.717, 1.165) is 25.1 Å². The maximum absolute atomic E-state index is 11.8. The van der Waals surface area contributed by atoms with E-state index in [9.17, 15) is 9.90 Å². The summed E-state index contributed by atoms with van der Waals surface area (Å²) < 4.78 is 0. The number of rotatable bonds is 6. The van der Waals surface area contributed by atoms with Crippen molar-refractivity contribution in [1.82, 2.24) is 15.5 Å². The zero-order valence-electron chi connectivity index (χ0n) is 15.2. The molecule has 0 aliphatic carbocycles. The number of aliphatic hydroxyl groups excluding tert-OH is 1. The van der Waals surface area contributed by atoms with Crippen molar-refractivity contribution in [3.63, 3.8) is 0 Å². The summed E-state index contributed by atoms with van der Waals surface area (Å²) in [4.78, 5) is 18.1. The molecule has 1 saturated heterocycles. The van der Waals surface area contributed by atoms with E-state index in [2.05, 4.69) is 15.6 Å². The number of likely N-dealkylation sites (tertiary alicyclic amines) is 1. The maximum atomic E-state index is 11.8. The summed E-state index contributed by atoms with van der Waals surface area (Å²) in [6.45, 7) is 6.32. The summed E-state index contributed by atoms with van der Waals surface area (Å²) in [7, 11) is 0. The van der Waals surface area contributed by atoms with Gasteiger partial charge in [-0.1, -0.05) is 30.7 Å². The topological polar surface area (TPSA) is 77.0 Å². The predicted molar refractivity (Wildman–Crippen MR) is 116 cm³/mol. The zero-order valence-corrected chi connectivity index (χ0v) is 18.3. The van der Waals surface area contributed by atoms with E-state index in [1.807, 2.05) is 18.7 Å². The maximum Gasteiger partial charge on any atom is 0.222 e. The first-order valence-electron chi connectivity index (χ1n) is 8.79. The fourth-order valence-electron chi connectivity index (χ4n) is 2.81. The van der Waals surface area contributed by atoms with Gasteiger partial charge in [0.05, 0.1) is 12.6 Å². The van der Waals surface area contributed by atoms with Crippen LogP contribution in [0.4, 0.5) is 0 Å². The van der Waals surface area contributed by atoms with Crippen molar-refractivity contribution in [3.05, 3.63) is 34.9 Å². The van der Waals surface area contributed by atoms with Crippen molar-refractivity contribution in [3.8, 4) is 0 Å². The van der Waals surface area contributed by atoms with Gasteiger partial charge in [-0.25, -0.2) is 0 Å². The van der Waals surface area contributed by atoms with Crippen molar-refractivity contribution in [2.45, 2.75) is 38.8 Å². The first-order chi connectivity index (χ1) is 12.0. The number of hydrogen-bond donors (Lipinski definition) is 3. The van der Waals surface area contributed by atoms with Gasteiger partial charge < -0.3 is 20.6 Å². The third-order valence-corrected chi connectivity index (χ3v) is 4.46. The first-order valence-corrected chi connectivity index (χ1v) is 9.17. The van der Waals surface area contributed by atoms with Crippen molar-refractivity contribution in [2.24, 2.45) is 4.99 Å². The van der Waals surface area contributed by atoms with Gasteiger partial charge in [0.1, 0.15) is 0 Å². The van der Waals surface area contributed by atoms with E-state index < -0.39 is 6.10 Å². The lowest BCUT2D eigenvalue weighted by Crippen LogP contribution is -2.45. The molecule has 2 atom stereocenters. The normalized spacial score (nSPS) is 18.2. The fourth-order valence-corrected chi connectivity index (χ4v) is 2.94. The predicted octanol–water partition coefficient (Wildman–Crippen LogP) is 2.56. The Hall–Kier alpha value is -1.06. The molecule has 2 rings (SSSR count). The van der Waals surface area contributed by atoms with Gasteiger partial charge in [-0.2, -0.15) is 0 Å². The van der Waals surface area contributed by atoms with Crippen LogP contribution in [0.2, 0.25) is 5.02 Å². The number of hydrogen-bond acceptors (Lipinski definition) is 3. The van der Waals surface area contributed by atoms with E-state index in [1.165, 1.54) is 0 Å². The van der Waals surface area contributed by atoms with Gasteiger partial charge in [-0.3, -0.25) is 9.79 Å². The molecular weight excluding hydrogens is 467 g/mol. The van der Waals surface area contributed by atoms with Crippen LogP contribution >= 0.6 is 35.6 Å². The number of aliphatic imine (C=N–C) groups is 1. The average molecular weight is 495 g/mol. The smallest absolute Gasteiger partial charge is 0.222 e. The molecule has 146 valence electrons. The molecule has 1 aliphatic heterocycles. The number of benzene rings is 1. The van der Waals surface area contributed by atoms with Crippen LogP contribution in [-0.4, -0.2) is 54.1 Å². The Morgan fingerprint density at radius 1 is 1.38 bits per heavy atom. The van der Waals surface area contributed by atoms with Crippen LogP contribution in [0.5, 0.6) is 0 Å². The van der Waals surface area contributed by atoms with Crippen LogP contribution < -0.4 is 10.6 Å². The van der Waals surface area contributed by atoms with Crippen LogP contribution in [0.15, 0.2) is 29.3 Å². The highest BCUT2D eigenvalue weighted by Gasteiger charge is 2.25. The van der Waals surface area contributed by atoms with Crippen molar-refractivity contribution in [2.75, 3.05) is 26.2 Å². The molecule has 6 nitrogen and oxygen atoms in total. The van der Waals surface area contributed by atoms with E-state index in [1.54, 1.807) is 24.3 Å². The quantitative estimate of drug-likeness (QED) is 0.323. The number of guanidine groups is 1. The standard InChI is InChI=1S/C18H27ClN4O2.HI/c1-3-17(25)23-10-9-15(12-23)22-18(20-4-2)21-11-16(24)13-5-7-14(19)8-6-13;/h5-8,15-16,24H,3-4,9-12H2,1-2H3,(H2,20,21,22);1H. The number of carbonyl (C=O) groups is 1. The Morgan fingerprint density at radius 3 is 2.69 bits per heavy atom. The molecule has 0 aromatic heterocycles. The van der Waals surface area contributed by atoms with E-state index in [4.69, 9.17) is 11.6 Å². The molecule has 3 N–H and O–H groups in total. The van der Waals surface area contributed by atoms with Crippen molar-refractivity contribution < 1.29 is 9.90 Å². The summed E-state index contributed by atoms with van der Waals surface area (Å²) in [6, 6.07) is 7.29. The van der Waals surface area contributed by atoms with E-state index in [-0.39, 0.29) is 42.5 Å².